The Hall–Kier alpha value is -2.48. The SMILES string of the molecule is CCCC(NC(=O)C1CC2(CN1C(=O)C(NC(=O)OC(C)(C)C)C(C)(C)C)SCCCS2)C(=O)C(=O)NCC(=O)OC. The summed E-state index contributed by atoms with van der Waals surface area (Å²) >= 11 is 3.42. The number of nitrogens with one attached hydrogen (secondary N) is 3. The summed E-state index contributed by atoms with van der Waals surface area (Å²) in [6.07, 6.45) is 1.32. The highest BCUT2D eigenvalue weighted by Crippen LogP contribution is 2.50. The van der Waals surface area contributed by atoms with Crippen LogP contribution in [0.5, 0.6) is 0 Å². The number of esters is 1. The van der Waals surface area contributed by atoms with Gasteiger partial charge in [-0.2, -0.15) is 0 Å². The molecule has 4 amide bonds. The highest BCUT2D eigenvalue weighted by Gasteiger charge is 2.53. The van der Waals surface area contributed by atoms with Crippen LogP contribution in [0.3, 0.4) is 0 Å². The van der Waals surface area contributed by atoms with E-state index in [0.29, 0.717) is 12.8 Å². The van der Waals surface area contributed by atoms with Crippen molar-refractivity contribution >= 4 is 59.1 Å². The van der Waals surface area contributed by atoms with Gasteiger partial charge in [0.05, 0.1) is 17.2 Å². The van der Waals surface area contributed by atoms with Crippen LogP contribution in [0, 0.1) is 5.41 Å². The Labute approximate surface area is 256 Å². The summed E-state index contributed by atoms with van der Waals surface area (Å²) in [5.41, 5.74) is -1.48. The molecule has 2 aliphatic rings. The zero-order valence-corrected chi connectivity index (χ0v) is 27.6. The summed E-state index contributed by atoms with van der Waals surface area (Å²) in [6, 6.07) is -3.06. The number of alkyl carbamates (subject to hydrolysis) is 1. The molecule has 238 valence electrons. The van der Waals surface area contributed by atoms with Crippen LogP contribution in [0.1, 0.15) is 74.1 Å². The topological polar surface area (TPSA) is 160 Å². The number of hydrogen-bond donors (Lipinski definition) is 3. The van der Waals surface area contributed by atoms with E-state index in [2.05, 4.69) is 20.7 Å². The summed E-state index contributed by atoms with van der Waals surface area (Å²) in [5.74, 6) is -1.81. The number of nitrogens with zero attached hydrogens (tertiary/aromatic N) is 1. The standard InChI is InChI=1S/C28H46N4O8S2/c1-9-11-17(20(34)23(36)29-15-19(33)39-8)30-22(35)18-14-28(41-12-10-13-42-28)16-32(18)24(37)21(26(2,3)4)31-25(38)40-27(5,6)7/h17-18,21H,9-16H2,1-8H3,(H,29,36)(H,30,35)(H,31,38). The molecule has 0 aliphatic carbocycles. The minimum Gasteiger partial charge on any atom is -0.468 e. The number of Topliss-reactive ketones (excluding diaryl/α,β-unsaturated/α-hetero) is 1. The van der Waals surface area contributed by atoms with E-state index < -0.39 is 75.3 Å². The van der Waals surface area contributed by atoms with Crippen molar-refractivity contribution in [2.24, 2.45) is 5.41 Å². The van der Waals surface area contributed by atoms with Crippen molar-refractivity contribution in [1.82, 2.24) is 20.9 Å². The predicted molar refractivity (Wildman–Crippen MR) is 162 cm³/mol. The van der Waals surface area contributed by atoms with Gasteiger partial charge >= 0.3 is 12.1 Å². The molecule has 2 rings (SSSR count). The number of likely N-dealkylation sites (tertiary alicyclic amines) is 1. The van der Waals surface area contributed by atoms with E-state index in [-0.39, 0.29) is 13.0 Å². The first-order valence-electron chi connectivity index (χ1n) is 14.2. The molecule has 1 spiro atoms. The van der Waals surface area contributed by atoms with Gasteiger partial charge in [0.15, 0.2) is 0 Å². The second-order valence-electron chi connectivity index (χ2n) is 12.6. The number of amides is 4. The summed E-state index contributed by atoms with van der Waals surface area (Å²) in [6.45, 7) is 12.3. The van der Waals surface area contributed by atoms with Crippen molar-refractivity contribution < 1.29 is 38.2 Å². The molecule has 3 unspecified atom stereocenters. The lowest BCUT2D eigenvalue weighted by Gasteiger charge is -2.36. The molecule has 12 nitrogen and oxygen atoms in total. The van der Waals surface area contributed by atoms with Gasteiger partial charge in [-0.05, 0) is 50.5 Å². The van der Waals surface area contributed by atoms with Crippen molar-refractivity contribution in [3.05, 3.63) is 0 Å². The molecule has 0 aromatic carbocycles. The van der Waals surface area contributed by atoms with Gasteiger partial charge < -0.3 is 30.3 Å². The molecule has 0 aromatic rings. The first-order valence-corrected chi connectivity index (χ1v) is 16.2. The Morgan fingerprint density at radius 2 is 1.62 bits per heavy atom. The fourth-order valence-electron chi connectivity index (χ4n) is 4.67. The van der Waals surface area contributed by atoms with Crippen LogP contribution >= 0.6 is 23.5 Å². The van der Waals surface area contributed by atoms with Crippen LogP contribution in [-0.2, 0) is 33.4 Å². The molecule has 0 bridgehead atoms. The van der Waals surface area contributed by atoms with E-state index in [4.69, 9.17) is 4.74 Å². The number of hydrogen-bond acceptors (Lipinski definition) is 10. The van der Waals surface area contributed by atoms with Gasteiger partial charge in [0.2, 0.25) is 17.6 Å². The summed E-state index contributed by atoms with van der Waals surface area (Å²) in [5, 5.41) is 7.65. The van der Waals surface area contributed by atoms with E-state index >= 15 is 0 Å². The highest BCUT2D eigenvalue weighted by atomic mass is 32.2. The van der Waals surface area contributed by atoms with Crippen molar-refractivity contribution in [2.45, 2.75) is 102 Å². The maximum Gasteiger partial charge on any atom is 0.408 e. The molecule has 42 heavy (non-hydrogen) atoms. The van der Waals surface area contributed by atoms with Gasteiger partial charge in [-0.25, -0.2) is 4.79 Å². The molecular formula is C28H46N4O8S2. The van der Waals surface area contributed by atoms with E-state index in [9.17, 15) is 28.8 Å². The van der Waals surface area contributed by atoms with Crippen LogP contribution in [-0.4, -0.2) is 100.0 Å². The first kappa shape index (κ1) is 35.7. The van der Waals surface area contributed by atoms with Crippen molar-refractivity contribution in [3.63, 3.8) is 0 Å². The van der Waals surface area contributed by atoms with E-state index in [1.165, 1.54) is 4.90 Å². The molecule has 3 N–H and O–H groups in total. The first-order chi connectivity index (χ1) is 19.4. The summed E-state index contributed by atoms with van der Waals surface area (Å²) < 4.78 is 9.50. The molecule has 2 saturated heterocycles. The number of rotatable bonds is 10. The maximum atomic E-state index is 14.1. The Morgan fingerprint density at radius 1 is 1.00 bits per heavy atom. The molecule has 0 radical (unpaired) electrons. The Kier molecular flexibility index (Phi) is 12.6. The fraction of sp³-hybridized carbons (Fsp3) is 0.786. The third kappa shape index (κ3) is 10.1. The average molecular weight is 631 g/mol. The molecule has 2 heterocycles. The van der Waals surface area contributed by atoms with Crippen molar-refractivity contribution in [3.8, 4) is 0 Å². The third-order valence-corrected chi connectivity index (χ3v) is 10.1. The third-order valence-electron chi connectivity index (χ3n) is 6.73. The fourth-order valence-corrected chi connectivity index (χ4v) is 8.02. The second kappa shape index (κ2) is 14.8. The van der Waals surface area contributed by atoms with Crippen LogP contribution in [0.4, 0.5) is 4.79 Å². The van der Waals surface area contributed by atoms with E-state index in [1.807, 2.05) is 27.7 Å². The number of carbonyl (C=O) groups excluding carboxylic acids is 6. The molecule has 0 saturated carbocycles. The number of ether oxygens (including phenoxy) is 2. The lowest BCUT2D eigenvalue weighted by Crippen LogP contribution is -2.59. The van der Waals surface area contributed by atoms with Crippen LogP contribution in [0.15, 0.2) is 0 Å². The molecule has 3 atom stereocenters. The van der Waals surface area contributed by atoms with E-state index in [0.717, 1.165) is 25.0 Å². The average Bonchev–Trinajstić information content (AvgIpc) is 3.26. The second-order valence-corrected chi connectivity index (χ2v) is 15.8. The highest BCUT2D eigenvalue weighted by molar-refractivity contribution is 8.18. The van der Waals surface area contributed by atoms with Crippen molar-refractivity contribution in [1.29, 1.82) is 0 Å². The quantitative estimate of drug-likeness (QED) is 0.241. The molecule has 0 aromatic heterocycles. The Morgan fingerprint density at radius 3 is 2.14 bits per heavy atom. The Bertz CT molecular complexity index is 1030. The van der Waals surface area contributed by atoms with E-state index in [1.54, 1.807) is 44.3 Å². The van der Waals surface area contributed by atoms with Crippen molar-refractivity contribution in [2.75, 3.05) is 31.7 Å². The zero-order chi connectivity index (χ0) is 31.9. The molecular weight excluding hydrogens is 584 g/mol. The summed E-state index contributed by atoms with van der Waals surface area (Å²) in [7, 11) is 1.16. The van der Waals surface area contributed by atoms with Gasteiger partial charge in [0.1, 0.15) is 24.2 Å². The van der Waals surface area contributed by atoms with Crippen LogP contribution in [0.25, 0.3) is 0 Å². The number of carbonyl (C=O) groups is 6. The number of ketones is 1. The minimum absolute atomic E-state index is 0.191. The van der Waals surface area contributed by atoms with Gasteiger partial charge in [-0.3, -0.25) is 24.0 Å². The lowest BCUT2D eigenvalue weighted by atomic mass is 9.85. The van der Waals surface area contributed by atoms with Gasteiger partial charge in [0, 0.05) is 13.0 Å². The summed E-state index contributed by atoms with van der Waals surface area (Å²) in [4.78, 5) is 79.0. The normalized spacial score (nSPS) is 19.8. The predicted octanol–water partition coefficient (Wildman–Crippen LogP) is 2.24. The maximum absolute atomic E-state index is 14.1. The smallest absolute Gasteiger partial charge is 0.408 e. The van der Waals surface area contributed by atoms with Crippen LogP contribution in [0.2, 0.25) is 0 Å². The van der Waals surface area contributed by atoms with Gasteiger partial charge in [0.25, 0.3) is 5.91 Å². The zero-order valence-electron chi connectivity index (χ0n) is 25.9. The monoisotopic (exact) mass is 630 g/mol. The molecule has 2 fully saturated rings. The molecule has 2 aliphatic heterocycles. The van der Waals surface area contributed by atoms with Gasteiger partial charge in [-0.15, -0.1) is 23.5 Å². The molecule has 14 heteroatoms. The number of methoxy groups -OCH3 is 1. The largest absolute Gasteiger partial charge is 0.468 e. The van der Waals surface area contributed by atoms with Gasteiger partial charge in [-0.1, -0.05) is 34.1 Å². The lowest BCUT2D eigenvalue weighted by molar-refractivity contribution is -0.145. The Balaban J connectivity index is 2.33. The number of thioether (sulfide) groups is 2. The van der Waals surface area contributed by atoms with Crippen LogP contribution < -0.4 is 16.0 Å². The minimum atomic E-state index is -1.14.